The van der Waals surface area contributed by atoms with Gasteiger partial charge in [-0.3, -0.25) is 0 Å². The first-order valence-electron chi connectivity index (χ1n) is 8.60. The molecule has 0 aromatic heterocycles. The molecule has 1 fully saturated rings. The number of ether oxygens (including phenoxy) is 2. The lowest BCUT2D eigenvalue weighted by Crippen LogP contribution is -2.49. The van der Waals surface area contributed by atoms with Crippen molar-refractivity contribution in [2.75, 3.05) is 37.7 Å². The molecular weight excluding hydrogens is 394 g/mol. The zero-order valence-electron chi connectivity index (χ0n) is 14.6. The molecule has 156 valence electrons. The quantitative estimate of drug-likeness (QED) is 0.698. The lowest BCUT2D eigenvalue weighted by Gasteiger charge is -2.35. The molecule has 3 rings (SSSR count). The number of halogens is 6. The van der Waals surface area contributed by atoms with Crippen LogP contribution in [0.25, 0.3) is 0 Å². The summed E-state index contributed by atoms with van der Waals surface area (Å²) in [5.41, 5.74) is 2.54. The first-order chi connectivity index (χ1) is 13.1. The molecule has 1 aromatic carbocycles. The highest BCUT2D eigenvalue weighted by atomic mass is 19.4. The van der Waals surface area contributed by atoms with Crippen LogP contribution in [0.2, 0.25) is 0 Å². The molecule has 0 unspecified atom stereocenters. The van der Waals surface area contributed by atoms with E-state index in [1.807, 2.05) is 6.07 Å². The van der Waals surface area contributed by atoms with E-state index in [2.05, 4.69) is 9.64 Å². The number of morpholine rings is 1. The maximum absolute atomic E-state index is 12.6. The van der Waals surface area contributed by atoms with Crippen molar-refractivity contribution < 1.29 is 40.6 Å². The highest BCUT2D eigenvalue weighted by Crippen LogP contribution is 2.37. The summed E-state index contributed by atoms with van der Waals surface area (Å²) in [7, 11) is 0. The fourth-order valence-corrected chi connectivity index (χ4v) is 3.34. The summed E-state index contributed by atoms with van der Waals surface area (Å²) in [4.78, 5) is 14.9. The molecule has 0 N–H and O–H groups in total. The van der Waals surface area contributed by atoms with Crippen LogP contribution in [0.3, 0.4) is 0 Å². The number of anilines is 1. The Labute approximate surface area is 156 Å². The summed E-state index contributed by atoms with van der Waals surface area (Å²) in [6.45, 7) is 2.35. The van der Waals surface area contributed by atoms with Gasteiger partial charge in [-0.05, 0) is 23.6 Å². The molecule has 11 heteroatoms. The summed E-state index contributed by atoms with van der Waals surface area (Å²) < 4.78 is 84.8. The Balaban J connectivity index is 1.73. The molecule has 1 amide bonds. The van der Waals surface area contributed by atoms with Crippen LogP contribution in [0.5, 0.6) is 0 Å². The fourth-order valence-electron chi connectivity index (χ4n) is 3.34. The standard InChI is InChI=1S/C17H18F6N2O3/c18-16(19,20)14(17(21,22)23)28-15(26)25-5-4-12-11(10-25)2-1-3-13(12)24-6-8-27-9-7-24/h1-3,14H,4-10H2. The van der Waals surface area contributed by atoms with Crippen molar-refractivity contribution in [1.29, 1.82) is 0 Å². The van der Waals surface area contributed by atoms with Crippen LogP contribution >= 0.6 is 0 Å². The summed E-state index contributed by atoms with van der Waals surface area (Å²) in [6, 6.07) is 5.35. The Kier molecular flexibility index (Phi) is 5.64. The van der Waals surface area contributed by atoms with Crippen molar-refractivity contribution in [3.05, 3.63) is 29.3 Å². The van der Waals surface area contributed by atoms with Gasteiger partial charge in [0.05, 0.1) is 13.2 Å². The Morgan fingerprint density at radius 3 is 2.29 bits per heavy atom. The molecular formula is C17H18F6N2O3. The van der Waals surface area contributed by atoms with Crippen molar-refractivity contribution in [3.63, 3.8) is 0 Å². The predicted molar refractivity (Wildman–Crippen MR) is 86.0 cm³/mol. The molecule has 0 bridgehead atoms. The minimum atomic E-state index is -5.73. The van der Waals surface area contributed by atoms with Gasteiger partial charge >= 0.3 is 18.4 Å². The van der Waals surface area contributed by atoms with Crippen LogP contribution < -0.4 is 4.90 Å². The van der Waals surface area contributed by atoms with E-state index < -0.39 is 24.5 Å². The third kappa shape index (κ3) is 4.45. The largest absolute Gasteiger partial charge is 0.434 e. The molecule has 0 atom stereocenters. The Bertz CT molecular complexity index is 702. The summed E-state index contributed by atoms with van der Waals surface area (Å²) in [6.07, 6.45) is -16.9. The molecule has 0 spiro atoms. The van der Waals surface area contributed by atoms with Crippen LogP contribution in [0.4, 0.5) is 36.8 Å². The van der Waals surface area contributed by atoms with E-state index in [-0.39, 0.29) is 13.1 Å². The molecule has 2 aliphatic heterocycles. The maximum Gasteiger partial charge on any atom is 0.434 e. The highest BCUT2D eigenvalue weighted by molar-refractivity contribution is 5.69. The van der Waals surface area contributed by atoms with Crippen molar-refractivity contribution >= 4 is 11.8 Å². The van der Waals surface area contributed by atoms with Gasteiger partial charge in [-0.25, -0.2) is 4.79 Å². The molecule has 5 nitrogen and oxygen atoms in total. The minimum Gasteiger partial charge on any atom is -0.426 e. The first kappa shape index (κ1) is 20.6. The Morgan fingerprint density at radius 2 is 1.68 bits per heavy atom. The summed E-state index contributed by atoms with van der Waals surface area (Å²) >= 11 is 0. The van der Waals surface area contributed by atoms with Crippen molar-refractivity contribution in [3.8, 4) is 0 Å². The van der Waals surface area contributed by atoms with Crippen molar-refractivity contribution in [2.45, 2.75) is 31.4 Å². The van der Waals surface area contributed by atoms with Gasteiger partial charge in [0.1, 0.15) is 0 Å². The third-order valence-electron chi connectivity index (χ3n) is 4.66. The van der Waals surface area contributed by atoms with E-state index in [0.29, 0.717) is 38.3 Å². The van der Waals surface area contributed by atoms with Gasteiger partial charge in [-0.15, -0.1) is 0 Å². The Hall–Kier alpha value is -2.17. The van der Waals surface area contributed by atoms with Crippen LogP contribution in [-0.4, -0.2) is 62.3 Å². The SMILES string of the molecule is O=C(OC(C(F)(F)F)C(F)(F)F)N1CCc2c(cccc2N2CCOCC2)C1. The number of carbonyl (C=O) groups excluding carboxylic acids is 1. The van der Waals surface area contributed by atoms with Crippen molar-refractivity contribution in [1.82, 2.24) is 4.90 Å². The van der Waals surface area contributed by atoms with Crippen LogP contribution in [0, 0.1) is 0 Å². The van der Waals surface area contributed by atoms with E-state index in [1.54, 1.807) is 12.1 Å². The molecule has 2 aliphatic rings. The lowest BCUT2D eigenvalue weighted by atomic mass is 9.97. The maximum atomic E-state index is 12.6. The van der Waals surface area contributed by atoms with E-state index in [9.17, 15) is 31.1 Å². The second-order valence-corrected chi connectivity index (χ2v) is 6.53. The van der Waals surface area contributed by atoms with Gasteiger partial charge in [0.15, 0.2) is 0 Å². The monoisotopic (exact) mass is 412 g/mol. The van der Waals surface area contributed by atoms with E-state index in [0.717, 1.165) is 16.2 Å². The van der Waals surface area contributed by atoms with Gasteiger partial charge in [0.25, 0.3) is 6.10 Å². The highest BCUT2D eigenvalue weighted by Gasteiger charge is 2.60. The first-order valence-corrected chi connectivity index (χ1v) is 8.60. The molecule has 0 radical (unpaired) electrons. The van der Waals surface area contributed by atoms with Gasteiger partial charge < -0.3 is 19.3 Å². The smallest absolute Gasteiger partial charge is 0.426 e. The minimum absolute atomic E-state index is 0.0321. The van der Waals surface area contributed by atoms with Gasteiger partial charge in [0.2, 0.25) is 0 Å². The average Bonchev–Trinajstić information content (AvgIpc) is 2.63. The average molecular weight is 412 g/mol. The normalized spacial score (nSPS) is 18.2. The lowest BCUT2D eigenvalue weighted by molar-refractivity contribution is -0.308. The topological polar surface area (TPSA) is 42.0 Å². The van der Waals surface area contributed by atoms with Crippen LogP contribution in [0.1, 0.15) is 11.1 Å². The Morgan fingerprint density at radius 1 is 1.04 bits per heavy atom. The number of carbonyl (C=O) groups is 1. The van der Waals surface area contributed by atoms with Crippen LogP contribution in [0.15, 0.2) is 18.2 Å². The van der Waals surface area contributed by atoms with Crippen LogP contribution in [-0.2, 0) is 22.4 Å². The molecule has 1 aromatic rings. The van der Waals surface area contributed by atoms with Gasteiger partial charge in [-0.1, -0.05) is 12.1 Å². The molecule has 2 heterocycles. The van der Waals surface area contributed by atoms with E-state index >= 15 is 0 Å². The number of hydrogen-bond acceptors (Lipinski definition) is 4. The molecule has 0 saturated carbocycles. The molecule has 1 saturated heterocycles. The van der Waals surface area contributed by atoms with Gasteiger partial charge in [-0.2, -0.15) is 26.3 Å². The summed E-state index contributed by atoms with van der Waals surface area (Å²) in [5, 5.41) is 0. The number of amides is 1. The van der Waals surface area contributed by atoms with E-state index in [1.165, 1.54) is 0 Å². The zero-order chi connectivity index (χ0) is 20.5. The van der Waals surface area contributed by atoms with Gasteiger partial charge in [0, 0.05) is 31.9 Å². The number of hydrogen-bond donors (Lipinski definition) is 0. The molecule has 28 heavy (non-hydrogen) atoms. The third-order valence-corrected chi connectivity index (χ3v) is 4.66. The number of fused-ring (bicyclic) bond motifs is 1. The molecule has 0 aliphatic carbocycles. The predicted octanol–water partition coefficient (Wildman–Crippen LogP) is 3.51. The summed E-state index contributed by atoms with van der Waals surface area (Å²) in [5.74, 6) is 0. The fraction of sp³-hybridized carbons (Fsp3) is 0.588. The second kappa shape index (κ2) is 7.69. The van der Waals surface area contributed by atoms with Crippen molar-refractivity contribution in [2.24, 2.45) is 0 Å². The zero-order valence-corrected chi connectivity index (χ0v) is 14.6. The number of benzene rings is 1. The number of alkyl halides is 6. The second-order valence-electron chi connectivity index (χ2n) is 6.53. The number of nitrogens with zero attached hydrogens (tertiary/aromatic N) is 2. The number of rotatable bonds is 2. The van der Waals surface area contributed by atoms with E-state index in [4.69, 9.17) is 4.74 Å².